The third-order valence-electron chi connectivity index (χ3n) is 1.89. The van der Waals surface area contributed by atoms with E-state index in [4.69, 9.17) is 4.74 Å². The molecule has 0 amide bonds. The number of ether oxygens (including phenoxy) is 1. The topological polar surface area (TPSA) is 34.1 Å². The molecule has 0 atom stereocenters. The van der Waals surface area contributed by atoms with Gasteiger partial charge in [-0.2, -0.15) is 0 Å². The van der Waals surface area contributed by atoms with Crippen molar-refractivity contribution in [2.45, 2.75) is 26.4 Å². The number of pyridine rings is 1. The van der Waals surface area contributed by atoms with Gasteiger partial charge in [-0.1, -0.05) is 6.92 Å². The number of hydrogen-bond donors (Lipinski definition) is 1. The van der Waals surface area contributed by atoms with E-state index in [2.05, 4.69) is 17.2 Å². The Morgan fingerprint density at radius 2 is 2.31 bits per heavy atom. The molecule has 0 aliphatic carbocycles. The van der Waals surface area contributed by atoms with E-state index in [-0.39, 0.29) is 6.61 Å². The van der Waals surface area contributed by atoms with Gasteiger partial charge in [0, 0.05) is 12.7 Å². The molecular formula is C11H16F2N2O. The normalized spacial score (nSPS) is 10.8. The van der Waals surface area contributed by atoms with Gasteiger partial charge in [-0.15, -0.1) is 0 Å². The summed E-state index contributed by atoms with van der Waals surface area (Å²) in [5, 5.41) is 3.12. The Morgan fingerprint density at radius 3 is 3.00 bits per heavy atom. The van der Waals surface area contributed by atoms with Gasteiger partial charge in [0.15, 0.2) is 0 Å². The van der Waals surface area contributed by atoms with Crippen LogP contribution in [0.4, 0.5) is 14.6 Å². The molecule has 0 fully saturated rings. The molecule has 1 aromatic rings. The van der Waals surface area contributed by atoms with Gasteiger partial charge in [0.1, 0.15) is 12.4 Å². The second-order valence-electron chi connectivity index (χ2n) is 3.38. The highest BCUT2D eigenvalue weighted by molar-refractivity contribution is 5.37. The first-order valence-corrected chi connectivity index (χ1v) is 5.27. The van der Waals surface area contributed by atoms with Crippen LogP contribution in [0.1, 0.15) is 18.9 Å². The Labute approximate surface area is 93.8 Å². The molecule has 0 saturated heterocycles. The number of nitrogens with zero attached hydrogens (tertiary/aromatic N) is 1. The maximum atomic E-state index is 11.8. The number of halogens is 2. The molecule has 0 unspecified atom stereocenters. The summed E-state index contributed by atoms with van der Waals surface area (Å²) >= 11 is 0. The number of alkyl halides is 2. The second-order valence-corrected chi connectivity index (χ2v) is 3.38. The molecule has 1 aromatic heterocycles. The molecule has 1 heterocycles. The molecular weight excluding hydrogens is 214 g/mol. The largest absolute Gasteiger partial charge is 0.371 e. The minimum absolute atomic E-state index is 0.188. The SMILES string of the molecule is CCCNc1cc(COCC(F)F)ccn1. The number of rotatable bonds is 7. The standard InChI is InChI=1S/C11H16F2N2O/c1-2-4-14-11-6-9(3-5-15-11)7-16-8-10(12)13/h3,5-6,10H,2,4,7-8H2,1H3,(H,14,15). The molecule has 0 aliphatic rings. The summed E-state index contributed by atoms with van der Waals surface area (Å²) in [6.07, 6.45) is 0.229. The fourth-order valence-electron chi connectivity index (χ4n) is 1.18. The first-order chi connectivity index (χ1) is 7.72. The molecule has 0 aromatic carbocycles. The van der Waals surface area contributed by atoms with Crippen molar-refractivity contribution in [1.82, 2.24) is 4.98 Å². The van der Waals surface area contributed by atoms with E-state index >= 15 is 0 Å². The van der Waals surface area contributed by atoms with E-state index in [0.717, 1.165) is 24.3 Å². The Bertz CT molecular complexity index is 308. The summed E-state index contributed by atoms with van der Waals surface area (Å²) in [4.78, 5) is 4.11. The minimum atomic E-state index is -2.42. The highest BCUT2D eigenvalue weighted by Gasteiger charge is 2.02. The zero-order chi connectivity index (χ0) is 11.8. The smallest absolute Gasteiger partial charge is 0.261 e. The lowest BCUT2D eigenvalue weighted by Gasteiger charge is -2.07. The summed E-state index contributed by atoms with van der Waals surface area (Å²) in [6.45, 7) is 2.56. The van der Waals surface area contributed by atoms with Crippen LogP contribution in [0.3, 0.4) is 0 Å². The van der Waals surface area contributed by atoms with Crippen molar-refractivity contribution in [3.8, 4) is 0 Å². The lowest BCUT2D eigenvalue weighted by molar-refractivity contribution is 0.00988. The van der Waals surface area contributed by atoms with Crippen molar-refractivity contribution >= 4 is 5.82 Å². The van der Waals surface area contributed by atoms with Crippen LogP contribution in [0.2, 0.25) is 0 Å². The van der Waals surface area contributed by atoms with Gasteiger partial charge in [0.05, 0.1) is 6.61 Å². The monoisotopic (exact) mass is 230 g/mol. The van der Waals surface area contributed by atoms with Gasteiger partial charge in [-0.25, -0.2) is 13.8 Å². The van der Waals surface area contributed by atoms with E-state index in [1.54, 1.807) is 18.3 Å². The van der Waals surface area contributed by atoms with Crippen LogP contribution in [-0.4, -0.2) is 24.6 Å². The Balaban J connectivity index is 2.40. The molecule has 0 spiro atoms. The fourth-order valence-corrected chi connectivity index (χ4v) is 1.18. The predicted molar refractivity (Wildman–Crippen MR) is 58.7 cm³/mol. The number of anilines is 1. The summed E-state index contributed by atoms with van der Waals surface area (Å²) in [6, 6.07) is 3.56. The summed E-state index contributed by atoms with van der Waals surface area (Å²) in [5.41, 5.74) is 0.842. The van der Waals surface area contributed by atoms with Crippen molar-refractivity contribution in [3.63, 3.8) is 0 Å². The number of hydrogen-bond acceptors (Lipinski definition) is 3. The van der Waals surface area contributed by atoms with Crippen molar-refractivity contribution in [3.05, 3.63) is 23.9 Å². The lowest BCUT2D eigenvalue weighted by Crippen LogP contribution is -2.05. The quantitative estimate of drug-likeness (QED) is 0.782. The molecule has 0 aliphatic heterocycles. The molecule has 90 valence electrons. The predicted octanol–water partition coefficient (Wildman–Crippen LogP) is 2.69. The maximum Gasteiger partial charge on any atom is 0.261 e. The number of aromatic nitrogens is 1. The second kappa shape index (κ2) is 7.11. The van der Waals surface area contributed by atoms with Gasteiger partial charge >= 0.3 is 0 Å². The van der Waals surface area contributed by atoms with Gasteiger partial charge in [0.2, 0.25) is 0 Å². The fraction of sp³-hybridized carbons (Fsp3) is 0.545. The van der Waals surface area contributed by atoms with E-state index in [9.17, 15) is 8.78 Å². The number of nitrogens with one attached hydrogen (secondary N) is 1. The third kappa shape index (κ3) is 5.02. The average Bonchev–Trinajstić information content (AvgIpc) is 2.26. The van der Waals surface area contributed by atoms with Gasteiger partial charge in [-0.05, 0) is 24.1 Å². The van der Waals surface area contributed by atoms with Crippen LogP contribution < -0.4 is 5.32 Å². The molecule has 1 N–H and O–H groups in total. The van der Waals surface area contributed by atoms with Crippen LogP contribution in [0.25, 0.3) is 0 Å². The maximum absolute atomic E-state index is 11.8. The van der Waals surface area contributed by atoms with Crippen molar-refractivity contribution < 1.29 is 13.5 Å². The van der Waals surface area contributed by atoms with Crippen molar-refractivity contribution in [2.75, 3.05) is 18.5 Å². The average molecular weight is 230 g/mol. The molecule has 3 nitrogen and oxygen atoms in total. The van der Waals surface area contributed by atoms with Gasteiger partial charge < -0.3 is 10.1 Å². The Morgan fingerprint density at radius 1 is 1.50 bits per heavy atom. The summed E-state index contributed by atoms with van der Waals surface area (Å²) in [5.74, 6) is 0.750. The Kier molecular flexibility index (Phi) is 5.71. The van der Waals surface area contributed by atoms with E-state index < -0.39 is 13.0 Å². The van der Waals surface area contributed by atoms with Gasteiger partial charge in [0.25, 0.3) is 6.43 Å². The summed E-state index contributed by atoms with van der Waals surface area (Å²) < 4.78 is 28.5. The van der Waals surface area contributed by atoms with Crippen LogP contribution in [0.15, 0.2) is 18.3 Å². The first-order valence-electron chi connectivity index (χ1n) is 5.27. The summed E-state index contributed by atoms with van der Waals surface area (Å²) in [7, 11) is 0. The van der Waals surface area contributed by atoms with Crippen LogP contribution in [0.5, 0.6) is 0 Å². The highest BCUT2D eigenvalue weighted by atomic mass is 19.3. The van der Waals surface area contributed by atoms with Crippen molar-refractivity contribution in [2.24, 2.45) is 0 Å². The van der Waals surface area contributed by atoms with Crippen LogP contribution >= 0.6 is 0 Å². The van der Waals surface area contributed by atoms with Crippen molar-refractivity contribution in [1.29, 1.82) is 0 Å². The molecule has 5 heteroatoms. The molecule has 16 heavy (non-hydrogen) atoms. The highest BCUT2D eigenvalue weighted by Crippen LogP contribution is 2.08. The van der Waals surface area contributed by atoms with Crippen LogP contribution in [-0.2, 0) is 11.3 Å². The molecule has 0 radical (unpaired) electrons. The third-order valence-corrected chi connectivity index (χ3v) is 1.89. The minimum Gasteiger partial charge on any atom is -0.371 e. The van der Waals surface area contributed by atoms with Gasteiger partial charge in [-0.3, -0.25) is 0 Å². The Hall–Kier alpha value is -1.23. The van der Waals surface area contributed by atoms with E-state index in [0.29, 0.717) is 0 Å². The van der Waals surface area contributed by atoms with E-state index in [1.165, 1.54) is 0 Å². The molecule has 1 rings (SSSR count). The van der Waals surface area contributed by atoms with Crippen LogP contribution in [0, 0.1) is 0 Å². The van der Waals surface area contributed by atoms with E-state index in [1.807, 2.05) is 0 Å². The zero-order valence-electron chi connectivity index (χ0n) is 9.25. The molecule has 0 saturated carbocycles. The lowest BCUT2D eigenvalue weighted by atomic mass is 10.3. The first kappa shape index (κ1) is 12.8. The zero-order valence-corrected chi connectivity index (χ0v) is 9.25. The molecule has 0 bridgehead atoms.